The summed E-state index contributed by atoms with van der Waals surface area (Å²) in [5, 5.41) is 13.3. The number of nitrogens with one attached hydrogen (secondary N) is 1. The molecule has 0 aliphatic carbocycles. The van der Waals surface area contributed by atoms with E-state index in [1.54, 1.807) is 0 Å². The fourth-order valence-electron chi connectivity index (χ4n) is 1.24. The molecule has 0 aromatic carbocycles. The Labute approximate surface area is 93.9 Å². The maximum atomic E-state index is 10.1. The van der Waals surface area contributed by atoms with Crippen molar-refractivity contribution in [2.75, 3.05) is 13.1 Å². The Morgan fingerprint density at radius 1 is 1.57 bits per heavy atom. The van der Waals surface area contributed by atoms with E-state index in [9.17, 15) is 5.11 Å². The molecule has 0 aliphatic rings. The summed E-state index contributed by atoms with van der Waals surface area (Å²) in [5.41, 5.74) is -0.764. The standard InChI is InChI=1S/C10H16ClNOS/c1-3-12-7-6-10(2,13)8-4-5-9(11)14-8/h4-5,12-13H,3,6-7H2,1-2H3. The van der Waals surface area contributed by atoms with Gasteiger partial charge in [-0.2, -0.15) is 0 Å². The average Bonchev–Trinajstić information content (AvgIpc) is 2.53. The number of aliphatic hydroxyl groups is 1. The third-order valence-corrected chi connectivity index (χ3v) is 3.63. The zero-order valence-electron chi connectivity index (χ0n) is 8.51. The van der Waals surface area contributed by atoms with E-state index in [2.05, 4.69) is 12.2 Å². The van der Waals surface area contributed by atoms with E-state index >= 15 is 0 Å². The molecule has 2 nitrogen and oxygen atoms in total. The van der Waals surface area contributed by atoms with Gasteiger partial charge in [-0.3, -0.25) is 0 Å². The summed E-state index contributed by atoms with van der Waals surface area (Å²) in [4.78, 5) is 0.931. The largest absolute Gasteiger partial charge is 0.385 e. The summed E-state index contributed by atoms with van der Waals surface area (Å²) in [5.74, 6) is 0. The van der Waals surface area contributed by atoms with Gasteiger partial charge in [0.15, 0.2) is 0 Å². The Kier molecular flexibility index (Phi) is 4.38. The van der Waals surface area contributed by atoms with Crippen molar-refractivity contribution in [1.82, 2.24) is 5.32 Å². The highest BCUT2D eigenvalue weighted by Gasteiger charge is 2.24. The Morgan fingerprint density at radius 2 is 2.29 bits per heavy atom. The van der Waals surface area contributed by atoms with Crippen molar-refractivity contribution >= 4 is 22.9 Å². The zero-order valence-corrected chi connectivity index (χ0v) is 10.1. The van der Waals surface area contributed by atoms with Gasteiger partial charge in [-0.1, -0.05) is 18.5 Å². The fraction of sp³-hybridized carbons (Fsp3) is 0.600. The van der Waals surface area contributed by atoms with Crippen molar-refractivity contribution in [3.63, 3.8) is 0 Å². The number of hydrogen-bond acceptors (Lipinski definition) is 3. The Bertz CT molecular complexity index is 285. The lowest BCUT2D eigenvalue weighted by atomic mass is 10.0. The molecule has 0 bridgehead atoms. The van der Waals surface area contributed by atoms with E-state index in [0.717, 1.165) is 22.3 Å². The Morgan fingerprint density at radius 3 is 2.79 bits per heavy atom. The SMILES string of the molecule is CCNCCC(C)(O)c1ccc(Cl)s1. The van der Waals surface area contributed by atoms with Gasteiger partial charge in [0.1, 0.15) is 0 Å². The minimum Gasteiger partial charge on any atom is -0.385 e. The molecule has 4 heteroatoms. The van der Waals surface area contributed by atoms with Crippen molar-refractivity contribution in [1.29, 1.82) is 0 Å². The number of halogens is 1. The summed E-state index contributed by atoms with van der Waals surface area (Å²) < 4.78 is 0.726. The zero-order chi connectivity index (χ0) is 10.6. The normalized spacial score (nSPS) is 15.4. The summed E-state index contributed by atoms with van der Waals surface area (Å²) in [6.45, 7) is 5.63. The summed E-state index contributed by atoms with van der Waals surface area (Å²) in [7, 11) is 0. The Balaban J connectivity index is 2.56. The molecule has 1 unspecified atom stereocenters. The van der Waals surface area contributed by atoms with Crippen LogP contribution in [-0.4, -0.2) is 18.2 Å². The van der Waals surface area contributed by atoms with E-state index in [1.807, 2.05) is 19.1 Å². The molecular weight excluding hydrogens is 218 g/mol. The van der Waals surface area contributed by atoms with Crippen molar-refractivity contribution in [2.24, 2.45) is 0 Å². The van der Waals surface area contributed by atoms with E-state index in [4.69, 9.17) is 11.6 Å². The lowest BCUT2D eigenvalue weighted by Gasteiger charge is -2.21. The highest BCUT2D eigenvalue weighted by Crippen LogP contribution is 2.32. The molecular formula is C10H16ClNOS. The van der Waals surface area contributed by atoms with Gasteiger partial charge in [0.25, 0.3) is 0 Å². The van der Waals surface area contributed by atoms with Crippen LogP contribution in [0.5, 0.6) is 0 Å². The van der Waals surface area contributed by atoms with Crippen LogP contribution in [0.1, 0.15) is 25.1 Å². The first-order valence-electron chi connectivity index (χ1n) is 4.75. The van der Waals surface area contributed by atoms with Crippen molar-refractivity contribution < 1.29 is 5.11 Å². The molecule has 1 rings (SSSR count). The first kappa shape index (κ1) is 12.0. The second kappa shape index (κ2) is 5.12. The fourth-order valence-corrected chi connectivity index (χ4v) is 2.35. The van der Waals surface area contributed by atoms with Crippen LogP contribution in [0.25, 0.3) is 0 Å². The van der Waals surface area contributed by atoms with Gasteiger partial charge in [0, 0.05) is 4.88 Å². The molecule has 0 saturated heterocycles. The van der Waals surface area contributed by atoms with E-state index < -0.39 is 5.60 Å². The summed E-state index contributed by atoms with van der Waals surface area (Å²) in [6.07, 6.45) is 0.706. The monoisotopic (exact) mass is 233 g/mol. The first-order valence-corrected chi connectivity index (χ1v) is 5.94. The minimum atomic E-state index is -0.764. The quantitative estimate of drug-likeness (QED) is 0.767. The van der Waals surface area contributed by atoms with E-state index in [-0.39, 0.29) is 0 Å². The summed E-state index contributed by atoms with van der Waals surface area (Å²) >= 11 is 7.26. The second-order valence-corrected chi connectivity index (χ2v) is 5.20. The second-order valence-electron chi connectivity index (χ2n) is 3.48. The van der Waals surface area contributed by atoms with Gasteiger partial charge in [0.2, 0.25) is 0 Å². The average molecular weight is 234 g/mol. The van der Waals surface area contributed by atoms with Crippen LogP contribution >= 0.6 is 22.9 Å². The lowest BCUT2D eigenvalue weighted by Crippen LogP contribution is -2.26. The Hall–Kier alpha value is -0.0900. The highest BCUT2D eigenvalue weighted by molar-refractivity contribution is 7.16. The van der Waals surface area contributed by atoms with E-state index in [1.165, 1.54) is 11.3 Å². The number of rotatable bonds is 5. The lowest BCUT2D eigenvalue weighted by molar-refractivity contribution is 0.0519. The van der Waals surface area contributed by atoms with Crippen molar-refractivity contribution in [2.45, 2.75) is 25.9 Å². The van der Waals surface area contributed by atoms with Gasteiger partial charge < -0.3 is 10.4 Å². The predicted molar refractivity (Wildman–Crippen MR) is 62.1 cm³/mol. The van der Waals surface area contributed by atoms with Crippen LogP contribution in [0.4, 0.5) is 0 Å². The molecule has 0 spiro atoms. The van der Waals surface area contributed by atoms with Crippen LogP contribution in [0.3, 0.4) is 0 Å². The third kappa shape index (κ3) is 3.24. The molecule has 0 fully saturated rings. The molecule has 0 aliphatic heterocycles. The predicted octanol–water partition coefficient (Wildman–Crippen LogP) is 2.61. The van der Waals surface area contributed by atoms with Gasteiger partial charge in [0.05, 0.1) is 9.94 Å². The topological polar surface area (TPSA) is 32.3 Å². The number of thiophene rings is 1. The molecule has 14 heavy (non-hydrogen) atoms. The highest BCUT2D eigenvalue weighted by atomic mass is 35.5. The van der Waals surface area contributed by atoms with Crippen LogP contribution in [-0.2, 0) is 5.60 Å². The summed E-state index contributed by atoms with van der Waals surface area (Å²) in [6, 6.07) is 3.71. The molecule has 1 aromatic rings. The molecule has 1 aromatic heterocycles. The van der Waals surface area contributed by atoms with Crippen LogP contribution < -0.4 is 5.32 Å². The smallest absolute Gasteiger partial charge is 0.0972 e. The first-order chi connectivity index (χ1) is 6.56. The van der Waals surface area contributed by atoms with Crippen LogP contribution in [0.2, 0.25) is 4.34 Å². The molecule has 0 radical (unpaired) electrons. The van der Waals surface area contributed by atoms with Crippen LogP contribution in [0, 0.1) is 0 Å². The van der Waals surface area contributed by atoms with Gasteiger partial charge in [-0.15, -0.1) is 11.3 Å². The maximum Gasteiger partial charge on any atom is 0.0972 e. The van der Waals surface area contributed by atoms with Crippen molar-refractivity contribution in [3.8, 4) is 0 Å². The van der Waals surface area contributed by atoms with Gasteiger partial charge >= 0.3 is 0 Å². The molecule has 0 saturated carbocycles. The van der Waals surface area contributed by atoms with Gasteiger partial charge in [-0.25, -0.2) is 0 Å². The molecule has 0 amide bonds. The third-order valence-electron chi connectivity index (χ3n) is 2.14. The van der Waals surface area contributed by atoms with Crippen LogP contribution in [0.15, 0.2) is 12.1 Å². The molecule has 1 atom stereocenters. The number of hydrogen-bond donors (Lipinski definition) is 2. The molecule has 1 heterocycles. The minimum absolute atomic E-state index is 0.706. The van der Waals surface area contributed by atoms with Crippen molar-refractivity contribution in [3.05, 3.63) is 21.3 Å². The van der Waals surface area contributed by atoms with Gasteiger partial charge in [-0.05, 0) is 38.6 Å². The molecule has 80 valence electrons. The molecule has 2 N–H and O–H groups in total. The van der Waals surface area contributed by atoms with E-state index in [0.29, 0.717) is 6.42 Å². The maximum absolute atomic E-state index is 10.1.